The molecule has 0 aliphatic carbocycles. The summed E-state index contributed by atoms with van der Waals surface area (Å²) in [6.45, 7) is 4.24. The van der Waals surface area contributed by atoms with Gasteiger partial charge in [-0.05, 0) is 38.1 Å². The number of carbonyl (C=O) groups excluding carboxylic acids is 1. The van der Waals surface area contributed by atoms with Gasteiger partial charge in [-0.15, -0.1) is 0 Å². The van der Waals surface area contributed by atoms with Crippen LogP contribution in [0.5, 0.6) is 0 Å². The van der Waals surface area contributed by atoms with E-state index in [-0.39, 0.29) is 11.9 Å². The zero-order valence-electron chi connectivity index (χ0n) is 14.4. The number of carbonyl (C=O) groups is 1. The molecule has 1 amide bonds. The number of nitrogens with one attached hydrogen (secondary N) is 3. The summed E-state index contributed by atoms with van der Waals surface area (Å²) < 4.78 is 5.64. The molecule has 1 fully saturated rings. The van der Waals surface area contributed by atoms with E-state index < -0.39 is 0 Å². The van der Waals surface area contributed by atoms with Crippen molar-refractivity contribution in [3.05, 3.63) is 41.1 Å². The standard InChI is InChI=1S/C18H25N5O2/c24-18(17-13-11-19-7-6-14(13)21-22-17)20-12-15(16-5-4-10-25-16)23-8-2-1-3-9-23/h4-5,10,15,19H,1-3,6-9,11-12H2,(H,20,24)(H,21,22). The molecule has 0 spiro atoms. The maximum atomic E-state index is 12.7. The summed E-state index contributed by atoms with van der Waals surface area (Å²) in [4.78, 5) is 15.1. The minimum Gasteiger partial charge on any atom is -0.468 e. The summed E-state index contributed by atoms with van der Waals surface area (Å²) in [5, 5.41) is 13.6. The van der Waals surface area contributed by atoms with Gasteiger partial charge in [-0.25, -0.2) is 0 Å². The Morgan fingerprint density at radius 3 is 3.04 bits per heavy atom. The van der Waals surface area contributed by atoms with E-state index in [1.165, 1.54) is 19.3 Å². The number of H-pyrrole nitrogens is 1. The Labute approximate surface area is 147 Å². The zero-order chi connectivity index (χ0) is 17.1. The predicted octanol–water partition coefficient (Wildman–Crippen LogP) is 1.61. The number of aromatic amines is 1. The van der Waals surface area contributed by atoms with E-state index in [0.29, 0.717) is 18.8 Å². The Hall–Kier alpha value is -2.12. The molecule has 25 heavy (non-hydrogen) atoms. The Kier molecular flexibility index (Phi) is 4.85. The predicted molar refractivity (Wildman–Crippen MR) is 93.2 cm³/mol. The molecule has 2 aliphatic heterocycles. The monoisotopic (exact) mass is 343 g/mol. The average Bonchev–Trinajstić information content (AvgIpc) is 3.32. The zero-order valence-corrected chi connectivity index (χ0v) is 14.4. The second-order valence-corrected chi connectivity index (χ2v) is 6.79. The van der Waals surface area contributed by atoms with Gasteiger partial charge in [0.05, 0.1) is 12.3 Å². The highest BCUT2D eigenvalue weighted by Gasteiger charge is 2.27. The summed E-state index contributed by atoms with van der Waals surface area (Å²) in [6, 6.07) is 3.97. The van der Waals surface area contributed by atoms with E-state index >= 15 is 0 Å². The molecule has 7 nitrogen and oxygen atoms in total. The van der Waals surface area contributed by atoms with Gasteiger partial charge in [-0.3, -0.25) is 14.8 Å². The number of amides is 1. The third kappa shape index (κ3) is 3.48. The van der Waals surface area contributed by atoms with Crippen molar-refractivity contribution in [1.29, 1.82) is 0 Å². The van der Waals surface area contributed by atoms with Crippen LogP contribution in [0.2, 0.25) is 0 Å². The van der Waals surface area contributed by atoms with Crippen LogP contribution in [0.1, 0.15) is 52.8 Å². The summed E-state index contributed by atoms with van der Waals surface area (Å²) >= 11 is 0. The molecular weight excluding hydrogens is 318 g/mol. The molecule has 0 bridgehead atoms. The van der Waals surface area contributed by atoms with Gasteiger partial charge in [-0.1, -0.05) is 6.42 Å². The maximum absolute atomic E-state index is 12.7. The van der Waals surface area contributed by atoms with Crippen molar-refractivity contribution in [1.82, 2.24) is 25.7 Å². The molecule has 0 radical (unpaired) electrons. The Balaban J connectivity index is 1.45. The van der Waals surface area contributed by atoms with Gasteiger partial charge in [-0.2, -0.15) is 5.10 Å². The lowest BCUT2D eigenvalue weighted by Crippen LogP contribution is -2.40. The normalized spacial score (nSPS) is 19.4. The molecule has 2 aromatic rings. The number of likely N-dealkylation sites (tertiary alicyclic amines) is 1. The van der Waals surface area contributed by atoms with E-state index in [1.54, 1.807) is 6.26 Å². The highest BCUT2D eigenvalue weighted by atomic mass is 16.3. The molecular formula is C18H25N5O2. The molecule has 1 atom stereocenters. The first-order valence-electron chi connectivity index (χ1n) is 9.15. The first kappa shape index (κ1) is 16.4. The lowest BCUT2D eigenvalue weighted by molar-refractivity contribution is 0.0908. The van der Waals surface area contributed by atoms with Gasteiger partial charge < -0.3 is 15.1 Å². The van der Waals surface area contributed by atoms with Gasteiger partial charge in [0.1, 0.15) is 5.76 Å². The molecule has 134 valence electrons. The van der Waals surface area contributed by atoms with Crippen molar-refractivity contribution in [3.8, 4) is 0 Å². The maximum Gasteiger partial charge on any atom is 0.272 e. The van der Waals surface area contributed by atoms with Crippen molar-refractivity contribution >= 4 is 5.91 Å². The first-order valence-corrected chi connectivity index (χ1v) is 9.15. The highest BCUT2D eigenvalue weighted by Crippen LogP contribution is 2.24. The van der Waals surface area contributed by atoms with E-state index in [9.17, 15) is 4.79 Å². The van der Waals surface area contributed by atoms with Crippen LogP contribution < -0.4 is 10.6 Å². The third-order valence-corrected chi connectivity index (χ3v) is 5.18. The number of piperidine rings is 1. The topological polar surface area (TPSA) is 86.2 Å². The molecule has 3 N–H and O–H groups in total. The second-order valence-electron chi connectivity index (χ2n) is 6.79. The fourth-order valence-corrected chi connectivity index (χ4v) is 3.81. The SMILES string of the molecule is O=C(NCC(c1ccco1)N1CCCCC1)c1n[nH]c2c1CNCC2. The molecule has 0 aromatic carbocycles. The van der Waals surface area contributed by atoms with Crippen LogP contribution >= 0.6 is 0 Å². The molecule has 0 saturated carbocycles. The average molecular weight is 343 g/mol. The summed E-state index contributed by atoms with van der Waals surface area (Å²) in [6.07, 6.45) is 6.26. The van der Waals surface area contributed by atoms with Crippen molar-refractivity contribution in [2.45, 2.75) is 38.3 Å². The molecule has 2 aromatic heterocycles. The summed E-state index contributed by atoms with van der Waals surface area (Å²) in [5.41, 5.74) is 2.58. The van der Waals surface area contributed by atoms with Crippen LogP contribution in [-0.2, 0) is 13.0 Å². The van der Waals surface area contributed by atoms with Gasteiger partial charge in [0.25, 0.3) is 5.91 Å². The van der Waals surface area contributed by atoms with Crippen molar-refractivity contribution in [2.75, 3.05) is 26.2 Å². The fraction of sp³-hybridized carbons (Fsp3) is 0.556. The molecule has 1 unspecified atom stereocenters. The number of nitrogens with zero attached hydrogens (tertiary/aromatic N) is 2. The van der Waals surface area contributed by atoms with Gasteiger partial charge in [0, 0.05) is 37.3 Å². The Bertz CT molecular complexity index is 703. The van der Waals surface area contributed by atoms with Crippen molar-refractivity contribution in [3.63, 3.8) is 0 Å². The lowest BCUT2D eigenvalue weighted by Gasteiger charge is -2.33. The fourth-order valence-electron chi connectivity index (χ4n) is 3.81. The summed E-state index contributed by atoms with van der Waals surface area (Å²) in [5.74, 6) is 0.794. The minimum atomic E-state index is -0.116. The van der Waals surface area contributed by atoms with E-state index in [0.717, 1.165) is 43.1 Å². The lowest BCUT2D eigenvalue weighted by atomic mass is 10.1. The number of hydrogen-bond donors (Lipinski definition) is 3. The van der Waals surface area contributed by atoms with E-state index in [2.05, 4.69) is 25.7 Å². The minimum absolute atomic E-state index is 0.0761. The van der Waals surface area contributed by atoms with Crippen LogP contribution in [0.4, 0.5) is 0 Å². The molecule has 1 saturated heterocycles. The highest BCUT2D eigenvalue weighted by molar-refractivity contribution is 5.94. The third-order valence-electron chi connectivity index (χ3n) is 5.18. The second kappa shape index (κ2) is 7.41. The molecule has 2 aliphatic rings. The Morgan fingerprint density at radius 1 is 1.36 bits per heavy atom. The molecule has 4 rings (SSSR count). The first-order chi connectivity index (χ1) is 12.3. The smallest absolute Gasteiger partial charge is 0.272 e. The van der Waals surface area contributed by atoms with E-state index in [4.69, 9.17) is 4.42 Å². The van der Waals surface area contributed by atoms with Crippen LogP contribution in [0.15, 0.2) is 22.8 Å². The van der Waals surface area contributed by atoms with Gasteiger partial charge in [0.15, 0.2) is 5.69 Å². The Morgan fingerprint density at radius 2 is 2.24 bits per heavy atom. The van der Waals surface area contributed by atoms with Crippen molar-refractivity contribution < 1.29 is 9.21 Å². The number of rotatable bonds is 5. The van der Waals surface area contributed by atoms with Gasteiger partial charge >= 0.3 is 0 Å². The van der Waals surface area contributed by atoms with Crippen molar-refractivity contribution in [2.24, 2.45) is 0 Å². The summed E-state index contributed by atoms with van der Waals surface area (Å²) in [7, 11) is 0. The molecule has 4 heterocycles. The van der Waals surface area contributed by atoms with Crippen LogP contribution in [0, 0.1) is 0 Å². The van der Waals surface area contributed by atoms with Crippen LogP contribution in [0.3, 0.4) is 0 Å². The molecule has 7 heteroatoms. The van der Waals surface area contributed by atoms with Crippen LogP contribution in [-0.4, -0.2) is 47.2 Å². The quantitative estimate of drug-likeness (QED) is 0.768. The number of hydrogen-bond acceptors (Lipinski definition) is 5. The van der Waals surface area contributed by atoms with Crippen LogP contribution in [0.25, 0.3) is 0 Å². The number of fused-ring (bicyclic) bond motifs is 1. The largest absolute Gasteiger partial charge is 0.468 e. The van der Waals surface area contributed by atoms with E-state index in [1.807, 2.05) is 12.1 Å². The number of aromatic nitrogens is 2. The van der Waals surface area contributed by atoms with Gasteiger partial charge in [0.2, 0.25) is 0 Å². The number of furan rings is 1.